The number of hydrogen-bond donors (Lipinski definition) is 1. The van der Waals surface area contributed by atoms with E-state index < -0.39 is 6.09 Å². The van der Waals surface area contributed by atoms with Crippen LogP contribution in [0.25, 0.3) is 0 Å². The highest BCUT2D eigenvalue weighted by Crippen LogP contribution is 2.28. The average Bonchev–Trinajstić information content (AvgIpc) is 2.17. The number of benzene rings is 1. The number of rotatable bonds is 2. The third kappa shape index (κ3) is 5.06. The zero-order valence-corrected chi connectivity index (χ0v) is 12.6. The summed E-state index contributed by atoms with van der Waals surface area (Å²) in [5.74, 6) is 0.585. The van der Waals surface area contributed by atoms with Crippen LogP contribution in [0, 0.1) is 13.8 Å². The van der Waals surface area contributed by atoms with Gasteiger partial charge in [-0.15, -0.1) is 36.6 Å². The van der Waals surface area contributed by atoms with E-state index in [1.807, 2.05) is 32.2 Å². The van der Waals surface area contributed by atoms with Crippen LogP contribution in [0.15, 0.2) is 17.0 Å². The molecule has 1 rings (SSSR count). The summed E-state index contributed by atoms with van der Waals surface area (Å²) in [4.78, 5) is 12.3. The average molecular weight is 298 g/mol. The lowest BCUT2D eigenvalue weighted by Crippen LogP contribution is -2.22. The highest BCUT2D eigenvalue weighted by molar-refractivity contribution is 7.98. The van der Waals surface area contributed by atoms with Crippen LogP contribution in [0.3, 0.4) is 0 Å². The molecule has 0 saturated carbocycles. The van der Waals surface area contributed by atoms with Gasteiger partial charge in [0.1, 0.15) is 5.75 Å². The van der Waals surface area contributed by atoms with Crippen LogP contribution in [-0.2, 0) is 0 Å². The lowest BCUT2D eigenvalue weighted by molar-refractivity contribution is 0.203. The molecular formula is C11H17Cl2NO2S. The summed E-state index contributed by atoms with van der Waals surface area (Å²) in [5.41, 5.74) is 2.25. The lowest BCUT2D eigenvalue weighted by atomic mass is 10.1. The third-order valence-corrected chi connectivity index (χ3v) is 3.10. The predicted octanol–water partition coefficient (Wildman–Crippen LogP) is 3.59. The highest BCUT2D eigenvalue weighted by Gasteiger charge is 2.07. The number of thioether (sulfide) groups is 1. The Morgan fingerprint density at radius 3 is 2.06 bits per heavy atom. The topological polar surface area (TPSA) is 38.3 Å². The van der Waals surface area contributed by atoms with E-state index in [2.05, 4.69) is 5.32 Å². The van der Waals surface area contributed by atoms with Gasteiger partial charge in [-0.3, -0.25) is 0 Å². The Hall–Kier alpha value is -0.580. The second kappa shape index (κ2) is 8.50. The number of carbonyl (C=O) groups is 1. The molecule has 98 valence electrons. The van der Waals surface area contributed by atoms with Gasteiger partial charge in [-0.1, -0.05) is 0 Å². The van der Waals surface area contributed by atoms with Gasteiger partial charge in [0, 0.05) is 11.9 Å². The molecule has 6 heteroatoms. The van der Waals surface area contributed by atoms with Crippen molar-refractivity contribution in [1.29, 1.82) is 0 Å². The smallest absolute Gasteiger partial charge is 0.410 e. The molecule has 17 heavy (non-hydrogen) atoms. The van der Waals surface area contributed by atoms with Crippen LogP contribution in [0.5, 0.6) is 5.75 Å². The minimum Gasteiger partial charge on any atom is -0.410 e. The van der Waals surface area contributed by atoms with Gasteiger partial charge in [-0.2, -0.15) is 0 Å². The maximum absolute atomic E-state index is 11.0. The second-order valence-corrected chi connectivity index (χ2v) is 4.05. The number of aryl methyl sites for hydroxylation is 2. The van der Waals surface area contributed by atoms with E-state index in [0.29, 0.717) is 5.75 Å². The molecule has 0 fully saturated rings. The summed E-state index contributed by atoms with van der Waals surface area (Å²) in [6.45, 7) is 4.02. The number of nitrogens with one attached hydrogen (secondary N) is 1. The van der Waals surface area contributed by atoms with Crippen LogP contribution >= 0.6 is 36.6 Å². The zero-order valence-electron chi connectivity index (χ0n) is 10.2. The van der Waals surface area contributed by atoms with Crippen LogP contribution < -0.4 is 10.1 Å². The van der Waals surface area contributed by atoms with Crippen molar-refractivity contribution in [3.05, 3.63) is 23.3 Å². The first-order chi connectivity index (χ1) is 7.08. The molecule has 0 bridgehead atoms. The van der Waals surface area contributed by atoms with Crippen molar-refractivity contribution in [3.8, 4) is 5.75 Å². The highest BCUT2D eigenvalue weighted by atomic mass is 35.5. The molecule has 0 unspecified atom stereocenters. The largest absolute Gasteiger partial charge is 0.412 e. The SMILES string of the molecule is CNC(=O)Oc1cc(C)c(SC)c(C)c1.Cl.Cl. The molecule has 0 radical (unpaired) electrons. The first-order valence-corrected chi connectivity index (χ1v) is 5.85. The third-order valence-electron chi connectivity index (χ3n) is 2.05. The summed E-state index contributed by atoms with van der Waals surface area (Å²) in [5, 5.41) is 2.41. The van der Waals surface area contributed by atoms with Gasteiger partial charge in [0.15, 0.2) is 0 Å². The summed E-state index contributed by atoms with van der Waals surface area (Å²) >= 11 is 1.70. The molecule has 0 aliphatic heterocycles. The Morgan fingerprint density at radius 2 is 1.71 bits per heavy atom. The molecule has 1 aromatic carbocycles. The quantitative estimate of drug-likeness (QED) is 0.848. The molecule has 0 spiro atoms. The summed E-state index contributed by atoms with van der Waals surface area (Å²) in [6.07, 6.45) is 1.60. The maximum atomic E-state index is 11.0. The first-order valence-electron chi connectivity index (χ1n) is 4.63. The van der Waals surface area contributed by atoms with Gasteiger partial charge in [-0.05, 0) is 43.4 Å². The van der Waals surface area contributed by atoms with Crippen molar-refractivity contribution < 1.29 is 9.53 Å². The fraction of sp³-hybridized carbons (Fsp3) is 0.364. The Morgan fingerprint density at radius 1 is 1.24 bits per heavy atom. The number of amides is 1. The number of halogens is 2. The van der Waals surface area contributed by atoms with Crippen molar-refractivity contribution in [3.63, 3.8) is 0 Å². The van der Waals surface area contributed by atoms with Crippen LogP contribution in [0.1, 0.15) is 11.1 Å². The summed E-state index contributed by atoms with van der Waals surface area (Å²) in [6, 6.07) is 3.74. The van der Waals surface area contributed by atoms with E-state index in [9.17, 15) is 4.79 Å². The Kier molecular flexibility index (Phi) is 9.39. The van der Waals surface area contributed by atoms with Crippen LogP contribution in [0.4, 0.5) is 4.79 Å². The van der Waals surface area contributed by atoms with E-state index in [1.54, 1.807) is 11.8 Å². The standard InChI is InChI=1S/C11H15NO2S.2ClH/c1-7-5-9(14-11(13)12-3)6-8(2)10(7)15-4;;/h5-6H,1-4H3,(H,12,13);2*1H. The van der Waals surface area contributed by atoms with Crippen molar-refractivity contribution in [2.24, 2.45) is 0 Å². The Bertz CT molecular complexity index is 363. The van der Waals surface area contributed by atoms with Gasteiger partial charge < -0.3 is 10.1 Å². The van der Waals surface area contributed by atoms with E-state index in [4.69, 9.17) is 4.74 Å². The molecule has 0 aliphatic carbocycles. The summed E-state index contributed by atoms with van der Waals surface area (Å²) in [7, 11) is 1.54. The molecule has 1 amide bonds. The lowest BCUT2D eigenvalue weighted by Gasteiger charge is -2.10. The Labute approximate surface area is 119 Å². The summed E-state index contributed by atoms with van der Waals surface area (Å²) < 4.78 is 5.07. The number of ether oxygens (including phenoxy) is 1. The molecule has 0 saturated heterocycles. The molecule has 0 aliphatic rings. The monoisotopic (exact) mass is 297 g/mol. The molecule has 1 N–H and O–H groups in total. The molecule has 3 nitrogen and oxygen atoms in total. The van der Waals surface area contributed by atoms with E-state index in [-0.39, 0.29) is 24.8 Å². The van der Waals surface area contributed by atoms with Gasteiger partial charge in [0.2, 0.25) is 0 Å². The minimum absolute atomic E-state index is 0. The van der Waals surface area contributed by atoms with E-state index in [0.717, 1.165) is 11.1 Å². The maximum Gasteiger partial charge on any atom is 0.412 e. The molecular weight excluding hydrogens is 281 g/mol. The van der Waals surface area contributed by atoms with Gasteiger partial charge >= 0.3 is 6.09 Å². The molecule has 1 aromatic rings. The fourth-order valence-electron chi connectivity index (χ4n) is 1.45. The van der Waals surface area contributed by atoms with Crippen LogP contribution in [0.2, 0.25) is 0 Å². The normalized spacial score (nSPS) is 8.71. The first kappa shape index (κ1) is 18.8. The van der Waals surface area contributed by atoms with Gasteiger partial charge in [0.25, 0.3) is 0 Å². The van der Waals surface area contributed by atoms with Crippen molar-refractivity contribution in [2.75, 3.05) is 13.3 Å². The van der Waals surface area contributed by atoms with Gasteiger partial charge in [-0.25, -0.2) is 4.79 Å². The molecule has 0 aromatic heterocycles. The fourth-order valence-corrected chi connectivity index (χ4v) is 2.21. The zero-order chi connectivity index (χ0) is 11.4. The predicted molar refractivity (Wildman–Crippen MR) is 77.3 cm³/mol. The Balaban J connectivity index is 0. The molecule has 0 heterocycles. The minimum atomic E-state index is -0.439. The van der Waals surface area contributed by atoms with E-state index >= 15 is 0 Å². The van der Waals surface area contributed by atoms with Crippen molar-refractivity contribution >= 4 is 42.7 Å². The van der Waals surface area contributed by atoms with Crippen molar-refractivity contribution in [2.45, 2.75) is 18.7 Å². The van der Waals surface area contributed by atoms with E-state index in [1.165, 1.54) is 11.9 Å². The number of hydrogen-bond acceptors (Lipinski definition) is 3. The second-order valence-electron chi connectivity index (χ2n) is 3.23. The van der Waals surface area contributed by atoms with Crippen molar-refractivity contribution in [1.82, 2.24) is 5.32 Å². The molecule has 0 atom stereocenters. The van der Waals surface area contributed by atoms with Crippen LogP contribution in [-0.4, -0.2) is 19.4 Å². The van der Waals surface area contributed by atoms with Gasteiger partial charge in [0.05, 0.1) is 0 Å². The number of carbonyl (C=O) groups excluding carboxylic acids is 1.